The second-order valence-electron chi connectivity index (χ2n) is 5.95. The minimum Gasteiger partial charge on any atom is -0.478 e. The number of hydrogen-bond donors (Lipinski definition) is 1. The van der Waals surface area contributed by atoms with Crippen LogP contribution in [-0.2, 0) is 11.2 Å². The summed E-state index contributed by atoms with van der Waals surface area (Å²) in [7, 11) is 0. The summed E-state index contributed by atoms with van der Waals surface area (Å²) >= 11 is 1.76. The Hall–Kier alpha value is -2.28. The second kappa shape index (κ2) is 5.13. The number of carboxylic acids is 1. The number of aromatic nitrogens is 4. The minimum absolute atomic E-state index is 0.396. The highest BCUT2D eigenvalue weighted by molar-refractivity contribution is 7.19. The Morgan fingerprint density at radius 1 is 1.43 bits per heavy atom. The first kappa shape index (κ1) is 14.3. The SMILES string of the molecule is Cc1nc2sc3c(c2c2nc(C=CC(=O)O)nn12)C(C)CCC3. The molecule has 1 aliphatic carbocycles. The molecule has 0 amide bonds. The van der Waals surface area contributed by atoms with Gasteiger partial charge in [0, 0.05) is 11.0 Å². The summed E-state index contributed by atoms with van der Waals surface area (Å²) in [5, 5.41) is 14.2. The molecule has 0 saturated carbocycles. The highest BCUT2D eigenvalue weighted by Crippen LogP contribution is 2.42. The summed E-state index contributed by atoms with van der Waals surface area (Å²) in [4.78, 5) is 22.4. The predicted octanol–water partition coefficient (Wildman–Crippen LogP) is 3.19. The zero-order valence-corrected chi connectivity index (χ0v) is 13.7. The Kier molecular flexibility index (Phi) is 3.19. The van der Waals surface area contributed by atoms with Crippen molar-refractivity contribution >= 4 is 39.2 Å². The molecule has 4 rings (SSSR count). The molecule has 0 aromatic carbocycles. The van der Waals surface area contributed by atoms with E-state index in [1.165, 1.54) is 29.4 Å². The molecule has 1 unspecified atom stereocenters. The number of carbonyl (C=O) groups is 1. The quantitative estimate of drug-likeness (QED) is 0.731. The van der Waals surface area contributed by atoms with Crippen LogP contribution in [0.1, 0.15) is 47.8 Å². The number of nitrogens with zero attached hydrogens (tertiary/aromatic N) is 4. The fourth-order valence-electron chi connectivity index (χ4n) is 3.32. The van der Waals surface area contributed by atoms with E-state index in [9.17, 15) is 4.79 Å². The van der Waals surface area contributed by atoms with Crippen molar-refractivity contribution in [3.8, 4) is 0 Å². The Bertz CT molecular complexity index is 970. The van der Waals surface area contributed by atoms with E-state index in [-0.39, 0.29) is 0 Å². The third kappa shape index (κ3) is 2.23. The fraction of sp³-hybridized carbons (Fsp3) is 0.375. The number of carboxylic acid groups (broad SMARTS) is 1. The Balaban J connectivity index is 2.03. The normalized spacial score (nSPS) is 18.1. The van der Waals surface area contributed by atoms with Gasteiger partial charge in [-0.3, -0.25) is 0 Å². The van der Waals surface area contributed by atoms with Crippen LogP contribution < -0.4 is 0 Å². The van der Waals surface area contributed by atoms with Crippen molar-refractivity contribution in [2.24, 2.45) is 0 Å². The van der Waals surface area contributed by atoms with Crippen LogP contribution in [0, 0.1) is 6.92 Å². The van der Waals surface area contributed by atoms with Gasteiger partial charge in [0.05, 0.1) is 5.39 Å². The summed E-state index contributed by atoms with van der Waals surface area (Å²) in [6, 6.07) is 0. The summed E-state index contributed by atoms with van der Waals surface area (Å²) in [6.45, 7) is 4.15. The Morgan fingerprint density at radius 3 is 3.04 bits per heavy atom. The standard InChI is InChI=1S/C16H16N4O2S/c1-8-4-3-5-10-13(8)14-15-18-11(6-7-12(21)22)19-20(15)9(2)17-16(14)23-10/h6-8H,3-5H2,1-2H3,(H,21,22). The van der Waals surface area contributed by atoms with Gasteiger partial charge in [-0.2, -0.15) is 4.52 Å². The van der Waals surface area contributed by atoms with Crippen LogP contribution in [0.3, 0.4) is 0 Å². The van der Waals surface area contributed by atoms with Gasteiger partial charge in [0.25, 0.3) is 0 Å². The molecule has 0 spiro atoms. The highest BCUT2D eigenvalue weighted by Gasteiger charge is 2.25. The molecule has 0 aliphatic heterocycles. The van der Waals surface area contributed by atoms with E-state index in [0.29, 0.717) is 11.7 Å². The molecular weight excluding hydrogens is 312 g/mol. The van der Waals surface area contributed by atoms with Gasteiger partial charge < -0.3 is 5.11 Å². The van der Waals surface area contributed by atoms with Crippen molar-refractivity contribution in [3.05, 3.63) is 28.2 Å². The lowest BCUT2D eigenvalue weighted by atomic mass is 9.87. The zero-order valence-electron chi connectivity index (χ0n) is 12.9. The van der Waals surface area contributed by atoms with Crippen LogP contribution in [0.15, 0.2) is 6.08 Å². The molecular formula is C16H16N4O2S. The Morgan fingerprint density at radius 2 is 2.26 bits per heavy atom. The van der Waals surface area contributed by atoms with Crippen LogP contribution in [0.4, 0.5) is 0 Å². The molecule has 1 atom stereocenters. The molecule has 0 fully saturated rings. The highest BCUT2D eigenvalue weighted by atomic mass is 32.1. The average Bonchev–Trinajstić information content (AvgIpc) is 3.06. The second-order valence-corrected chi connectivity index (χ2v) is 7.03. The van der Waals surface area contributed by atoms with Crippen molar-refractivity contribution < 1.29 is 9.90 Å². The van der Waals surface area contributed by atoms with Gasteiger partial charge in [-0.15, -0.1) is 16.4 Å². The molecule has 7 heteroatoms. The van der Waals surface area contributed by atoms with Crippen molar-refractivity contribution in [1.82, 2.24) is 19.6 Å². The van der Waals surface area contributed by atoms with Crippen LogP contribution >= 0.6 is 11.3 Å². The summed E-state index contributed by atoms with van der Waals surface area (Å²) in [6.07, 6.45) is 5.98. The first-order valence-electron chi connectivity index (χ1n) is 7.64. The topological polar surface area (TPSA) is 80.4 Å². The van der Waals surface area contributed by atoms with E-state index in [1.807, 2.05) is 6.92 Å². The van der Waals surface area contributed by atoms with Crippen molar-refractivity contribution in [1.29, 1.82) is 0 Å². The number of fused-ring (bicyclic) bond motifs is 5. The van der Waals surface area contributed by atoms with E-state index in [0.717, 1.165) is 34.2 Å². The number of rotatable bonds is 2. The lowest BCUT2D eigenvalue weighted by Crippen LogP contribution is -2.05. The minimum atomic E-state index is -1.01. The molecule has 6 nitrogen and oxygen atoms in total. The smallest absolute Gasteiger partial charge is 0.328 e. The largest absolute Gasteiger partial charge is 0.478 e. The molecule has 3 heterocycles. The molecule has 1 N–H and O–H groups in total. The van der Waals surface area contributed by atoms with Crippen molar-refractivity contribution in [2.75, 3.05) is 0 Å². The maximum absolute atomic E-state index is 10.7. The summed E-state index contributed by atoms with van der Waals surface area (Å²) in [5.41, 5.74) is 2.14. The molecule has 0 saturated heterocycles. The molecule has 118 valence electrons. The van der Waals surface area contributed by atoms with Gasteiger partial charge in [-0.25, -0.2) is 14.8 Å². The first-order chi connectivity index (χ1) is 11.0. The summed E-state index contributed by atoms with van der Waals surface area (Å²) in [5.74, 6) is 0.648. The molecule has 1 aliphatic rings. The molecule has 3 aromatic rings. The van der Waals surface area contributed by atoms with Gasteiger partial charge in [0.2, 0.25) is 0 Å². The van der Waals surface area contributed by atoms with E-state index in [1.54, 1.807) is 15.9 Å². The van der Waals surface area contributed by atoms with Crippen LogP contribution in [0.5, 0.6) is 0 Å². The first-order valence-corrected chi connectivity index (χ1v) is 8.46. The van der Waals surface area contributed by atoms with Gasteiger partial charge in [-0.1, -0.05) is 6.92 Å². The molecule has 0 bridgehead atoms. The molecule has 0 radical (unpaired) electrons. The van der Waals surface area contributed by atoms with Gasteiger partial charge >= 0.3 is 5.97 Å². The average molecular weight is 328 g/mol. The van der Waals surface area contributed by atoms with Crippen LogP contribution in [0.25, 0.3) is 21.9 Å². The predicted molar refractivity (Wildman–Crippen MR) is 88.9 cm³/mol. The van der Waals surface area contributed by atoms with Crippen LogP contribution in [0.2, 0.25) is 0 Å². The number of thiophene rings is 1. The van der Waals surface area contributed by atoms with Gasteiger partial charge in [0.1, 0.15) is 10.7 Å². The van der Waals surface area contributed by atoms with E-state index >= 15 is 0 Å². The number of hydrogen-bond acceptors (Lipinski definition) is 5. The van der Waals surface area contributed by atoms with E-state index in [4.69, 9.17) is 10.1 Å². The van der Waals surface area contributed by atoms with E-state index < -0.39 is 5.97 Å². The number of aliphatic carboxylic acids is 1. The molecule has 3 aromatic heterocycles. The third-order valence-corrected chi connectivity index (χ3v) is 5.49. The zero-order chi connectivity index (χ0) is 16.1. The van der Waals surface area contributed by atoms with Crippen LogP contribution in [-0.4, -0.2) is 30.7 Å². The maximum atomic E-state index is 10.7. The maximum Gasteiger partial charge on any atom is 0.328 e. The van der Waals surface area contributed by atoms with Crippen molar-refractivity contribution in [2.45, 2.75) is 39.0 Å². The van der Waals surface area contributed by atoms with Gasteiger partial charge in [-0.05, 0) is 43.7 Å². The van der Waals surface area contributed by atoms with E-state index in [2.05, 4.69) is 17.0 Å². The van der Waals surface area contributed by atoms with Gasteiger partial charge in [0.15, 0.2) is 11.5 Å². The monoisotopic (exact) mass is 328 g/mol. The number of aryl methyl sites for hydroxylation is 2. The third-order valence-electron chi connectivity index (χ3n) is 4.33. The lowest BCUT2D eigenvalue weighted by molar-refractivity contribution is -0.131. The summed E-state index contributed by atoms with van der Waals surface area (Å²) < 4.78 is 1.72. The molecule has 23 heavy (non-hydrogen) atoms. The lowest BCUT2D eigenvalue weighted by Gasteiger charge is -2.18. The van der Waals surface area contributed by atoms with Crippen molar-refractivity contribution in [3.63, 3.8) is 0 Å². The fourth-order valence-corrected chi connectivity index (χ4v) is 4.69. The Labute approximate surface area is 136 Å².